The summed E-state index contributed by atoms with van der Waals surface area (Å²) in [7, 11) is 1.74. The summed E-state index contributed by atoms with van der Waals surface area (Å²) in [5, 5.41) is 0. The molecule has 1 aromatic rings. The molecule has 0 spiro atoms. The largest absolute Gasteiger partial charge is 0.346 e. The highest BCUT2D eigenvalue weighted by Gasteiger charge is 2.29. The summed E-state index contributed by atoms with van der Waals surface area (Å²) in [4.78, 5) is 14.4. The SMILES string of the molecule is Cc1cc(/C=C2\SC(=S)N(C)C2=O)c(C)n1C1CCCC1. The molecule has 3 nitrogen and oxygen atoms in total. The molecule has 5 heteroatoms. The number of rotatable bonds is 2. The monoisotopic (exact) mass is 320 g/mol. The number of carbonyl (C=O) groups is 1. The van der Waals surface area contributed by atoms with Crippen LogP contribution in [0.15, 0.2) is 11.0 Å². The summed E-state index contributed by atoms with van der Waals surface area (Å²) in [5.74, 6) is 0.00988. The zero-order chi connectivity index (χ0) is 15.1. The Hall–Kier alpha value is -1.07. The van der Waals surface area contributed by atoms with E-state index in [2.05, 4.69) is 24.5 Å². The van der Waals surface area contributed by atoms with Gasteiger partial charge < -0.3 is 4.57 Å². The van der Waals surface area contributed by atoms with E-state index in [1.165, 1.54) is 48.8 Å². The first kappa shape index (κ1) is 14.9. The summed E-state index contributed by atoms with van der Waals surface area (Å²) < 4.78 is 3.08. The minimum Gasteiger partial charge on any atom is -0.346 e. The summed E-state index contributed by atoms with van der Waals surface area (Å²) in [6.45, 7) is 4.32. The van der Waals surface area contributed by atoms with Crippen molar-refractivity contribution < 1.29 is 4.79 Å². The maximum Gasteiger partial charge on any atom is 0.265 e. The van der Waals surface area contributed by atoms with Crippen LogP contribution in [0.2, 0.25) is 0 Å². The van der Waals surface area contributed by atoms with Gasteiger partial charge in [0.15, 0.2) is 0 Å². The molecule has 21 heavy (non-hydrogen) atoms. The van der Waals surface area contributed by atoms with Crippen LogP contribution in [0.5, 0.6) is 0 Å². The maximum atomic E-state index is 12.1. The number of thioether (sulfide) groups is 1. The fraction of sp³-hybridized carbons (Fsp3) is 0.500. The number of nitrogens with zero attached hydrogens (tertiary/aromatic N) is 2. The minimum atomic E-state index is 0.00988. The molecule has 2 fully saturated rings. The number of thiocarbonyl (C=S) groups is 1. The minimum absolute atomic E-state index is 0.00988. The van der Waals surface area contributed by atoms with E-state index in [1.807, 2.05) is 6.08 Å². The molecule has 1 aromatic heterocycles. The van der Waals surface area contributed by atoms with E-state index in [4.69, 9.17) is 12.2 Å². The van der Waals surface area contributed by atoms with Crippen LogP contribution in [0.3, 0.4) is 0 Å². The second-order valence-corrected chi connectivity index (χ2v) is 7.55. The number of amides is 1. The molecule has 3 rings (SSSR count). The van der Waals surface area contributed by atoms with Crippen molar-refractivity contribution in [3.8, 4) is 0 Å². The van der Waals surface area contributed by atoms with Crippen LogP contribution in [0.1, 0.15) is 48.7 Å². The van der Waals surface area contributed by atoms with Crippen molar-refractivity contribution in [2.75, 3.05) is 7.05 Å². The summed E-state index contributed by atoms with van der Waals surface area (Å²) in [6.07, 6.45) is 7.19. The highest BCUT2D eigenvalue weighted by molar-refractivity contribution is 8.26. The van der Waals surface area contributed by atoms with Gasteiger partial charge in [0.05, 0.1) is 4.91 Å². The Bertz CT molecular complexity index is 639. The molecule has 0 N–H and O–H groups in total. The lowest BCUT2D eigenvalue weighted by atomic mass is 10.2. The zero-order valence-corrected chi connectivity index (χ0v) is 14.3. The first-order chi connectivity index (χ1) is 9.99. The van der Waals surface area contributed by atoms with E-state index in [1.54, 1.807) is 11.9 Å². The number of hydrogen-bond donors (Lipinski definition) is 0. The number of hydrogen-bond acceptors (Lipinski definition) is 3. The van der Waals surface area contributed by atoms with Crippen LogP contribution < -0.4 is 0 Å². The van der Waals surface area contributed by atoms with Crippen LogP contribution in [-0.4, -0.2) is 26.7 Å². The van der Waals surface area contributed by atoms with E-state index in [0.717, 1.165) is 10.5 Å². The Balaban J connectivity index is 1.95. The van der Waals surface area contributed by atoms with E-state index >= 15 is 0 Å². The van der Waals surface area contributed by atoms with Crippen molar-refractivity contribution in [3.63, 3.8) is 0 Å². The zero-order valence-electron chi connectivity index (χ0n) is 12.7. The Morgan fingerprint density at radius 3 is 2.57 bits per heavy atom. The Morgan fingerprint density at radius 1 is 1.33 bits per heavy atom. The van der Waals surface area contributed by atoms with E-state index in [-0.39, 0.29) is 5.91 Å². The molecule has 0 atom stereocenters. The predicted octanol–water partition coefficient (Wildman–Crippen LogP) is 4.05. The average molecular weight is 320 g/mol. The lowest BCUT2D eigenvalue weighted by molar-refractivity contribution is -0.121. The van der Waals surface area contributed by atoms with Gasteiger partial charge in [-0.1, -0.05) is 36.8 Å². The summed E-state index contributed by atoms with van der Waals surface area (Å²) >= 11 is 6.58. The highest BCUT2D eigenvalue weighted by atomic mass is 32.2. The van der Waals surface area contributed by atoms with E-state index < -0.39 is 0 Å². The fourth-order valence-corrected chi connectivity index (χ4v) is 4.53. The van der Waals surface area contributed by atoms with Gasteiger partial charge in [0.2, 0.25) is 0 Å². The Kier molecular flexibility index (Phi) is 3.97. The van der Waals surface area contributed by atoms with Gasteiger partial charge in [-0.15, -0.1) is 0 Å². The molecule has 0 aromatic carbocycles. The molecule has 0 unspecified atom stereocenters. The van der Waals surface area contributed by atoms with Gasteiger partial charge in [-0.25, -0.2) is 0 Å². The normalized spacial score (nSPS) is 22.0. The van der Waals surface area contributed by atoms with Crippen molar-refractivity contribution in [1.29, 1.82) is 0 Å². The summed E-state index contributed by atoms with van der Waals surface area (Å²) in [5.41, 5.74) is 3.70. The van der Waals surface area contributed by atoms with Gasteiger partial charge in [-0.3, -0.25) is 9.69 Å². The maximum absolute atomic E-state index is 12.1. The lowest BCUT2D eigenvalue weighted by Crippen LogP contribution is -2.22. The van der Waals surface area contributed by atoms with Crippen LogP contribution in [0.4, 0.5) is 0 Å². The van der Waals surface area contributed by atoms with E-state index in [9.17, 15) is 4.79 Å². The third-order valence-corrected chi connectivity index (χ3v) is 5.97. The van der Waals surface area contributed by atoms with Gasteiger partial charge in [-0.2, -0.15) is 0 Å². The van der Waals surface area contributed by atoms with Crippen molar-refractivity contribution >= 4 is 40.3 Å². The number of aromatic nitrogens is 1. The lowest BCUT2D eigenvalue weighted by Gasteiger charge is -2.17. The van der Waals surface area contributed by atoms with Crippen molar-refractivity contribution in [1.82, 2.24) is 9.47 Å². The second kappa shape index (κ2) is 5.61. The van der Waals surface area contributed by atoms with Gasteiger partial charge in [0.1, 0.15) is 4.32 Å². The molecule has 0 radical (unpaired) electrons. The number of carbonyl (C=O) groups excluding carboxylic acids is 1. The molecule has 1 aliphatic carbocycles. The van der Waals surface area contributed by atoms with Gasteiger partial charge in [-0.05, 0) is 44.4 Å². The van der Waals surface area contributed by atoms with Crippen molar-refractivity contribution in [2.24, 2.45) is 0 Å². The molecule has 1 saturated heterocycles. The fourth-order valence-electron chi connectivity index (χ4n) is 3.36. The number of aryl methyl sites for hydroxylation is 1. The molecule has 1 amide bonds. The van der Waals surface area contributed by atoms with Gasteiger partial charge in [0, 0.05) is 24.5 Å². The Morgan fingerprint density at radius 2 is 2.00 bits per heavy atom. The van der Waals surface area contributed by atoms with Crippen LogP contribution in [-0.2, 0) is 4.79 Å². The standard InChI is InChI=1S/C16H20N2OS2/c1-10-8-12(9-14-15(19)17(3)16(20)21-14)11(2)18(10)13-6-4-5-7-13/h8-9,13H,4-7H2,1-3H3/b14-9-. The Labute approximate surface area is 135 Å². The van der Waals surface area contributed by atoms with Crippen LogP contribution in [0, 0.1) is 13.8 Å². The molecule has 2 heterocycles. The first-order valence-electron chi connectivity index (χ1n) is 7.39. The first-order valence-corrected chi connectivity index (χ1v) is 8.61. The quantitative estimate of drug-likeness (QED) is 0.607. The van der Waals surface area contributed by atoms with Crippen molar-refractivity contribution in [2.45, 2.75) is 45.6 Å². The molecule has 1 aliphatic heterocycles. The predicted molar refractivity (Wildman–Crippen MR) is 92.3 cm³/mol. The van der Waals surface area contributed by atoms with E-state index in [0.29, 0.717) is 10.4 Å². The molecule has 1 saturated carbocycles. The second-order valence-electron chi connectivity index (χ2n) is 5.88. The molecule has 2 aliphatic rings. The van der Waals surface area contributed by atoms with Crippen LogP contribution in [0.25, 0.3) is 6.08 Å². The van der Waals surface area contributed by atoms with Crippen LogP contribution >= 0.6 is 24.0 Å². The average Bonchev–Trinajstić information content (AvgIpc) is 3.10. The topological polar surface area (TPSA) is 25.2 Å². The third-order valence-electron chi connectivity index (χ3n) is 4.49. The highest BCUT2D eigenvalue weighted by Crippen LogP contribution is 2.36. The number of likely N-dealkylation sites (N-methyl/N-ethyl adjacent to an activating group) is 1. The summed E-state index contributed by atoms with van der Waals surface area (Å²) in [6, 6.07) is 2.82. The smallest absolute Gasteiger partial charge is 0.265 e. The molecular weight excluding hydrogens is 300 g/mol. The molecule has 0 bridgehead atoms. The van der Waals surface area contributed by atoms with Gasteiger partial charge in [0.25, 0.3) is 5.91 Å². The third kappa shape index (κ3) is 2.57. The van der Waals surface area contributed by atoms with Gasteiger partial charge >= 0.3 is 0 Å². The molecule has 112 valence electrons. The van der Waals surface area contributed by atoms with Crippen molar-refractivity contribution in [3.05, 3.63) is 27.9 Å². The molecular formula is C16H20N2OS2.